The van der Waals surface area contributed by atoms with Crippen LogP contribution >= 0.6 is 0 Å². The Hall–Kier alpha value is -1.13. The van der Waals surface area contributed by atoms with Crippen LogP contribution in [0.15, 0.2) is 12.4 Å². The van der Waals surface area contributed by atoms with Gasteiger partial charge in [0.2, 0.25) is 5.95 Å². The van der Waals surface area contributed by atoms with Crippen molar-refractivity contribution in [1.82, 2.24) is 9.55 Å². The Bertz CT molecular complexity index is 260. The minimum absolute atomic E-state index is 0.344. The summed E-state index contributed by atoms with van der Waals surface area (Å²) in [5.41, 5.74) is 0. The van der Waals surface area contributed by atoms with Crippen molar-refractivity contribution in [2.45, 2.75) is 32.7 Å². The van der Waals surface area contributed by atoms with Crippen LogP contribution in [0.1, 0.15) is 19.8 Å². The van der Waals surface area contributed by atoms with E-state index >= 15 is 0 Å². The summed E-state index contributed by atoms with van der Waals surface area (Å²) < 4.78 is 25.7. The van der Waals surface area contributed by atoms with Crippen molar-refractivity contribution in [3.63, 3.8) is 0 Å². The lowest BCUT2D eigenvalue weighted by atomic mass is 10.3. The maximum atomic E-state index is 11.9. The van der Waals surface area contributed by atoms with Gasteiger partial charge in [0.25, 0.3) is 6.43 Å². The summed E-state index contributed by atoms with van der Waals surface area (Å²) in [5.74, 6) is 0.527. The molecular formula is C9H15F2N3. The number of alkyl halides is 2. The first-order chi connectivity index (χ1) is 6.74. The molecule has 14 heavy (non-hydrogen) atoms. The third-order valence-electron chi connectivity index (χ3n) is 1.88. The summed E-state index contributed by atoms with van der Waals surface area (Å²) in [7, 11) is 0. The molecule has 0 spiro atoms. The molecule has 5 heteroatoms. The van der Waals surface area contributed by atoms with E-state index in [0.717, 1.165) is 19.4 Å². The van der Waals surface area contributed by atoms with Crippen molar-refractivity contribution in [1.29, 1.82) is 0 Å². The van der Waals surface area contributed by atoms with E-state index in [1.54, 1.807) is 12.4 Å². The number of rotatable bonds is 6. The average molecular weight is 203 g/mol. The molecule has 0 aliphatic carbocycles. The summed E-state index contributed by atoms with van der Waals surface area (Å²) >= 11 is 0. The fourth-order valence-corrected chi connectivity index (χ4v) is 1.15. The second-order valence-electron chi connectivity index (χ2n) is 3.07. The number of nitrogens with zero attached hydrogens (tertiary/aromatic N) is 2. The molecule has 0 atom stereocenters. The first-order valence-electron chi connectivity index (χ1n) is 4.77. The van der Waals surface area contributed by atoms with Gasteiger partial charge in [0, 0.05) is 18.9 Å². The van der Waals surface area contributed by atoms with Crippen molar-refractivity contribution in [2.75, 3.05) is 11.9 Å². The van der Waals surface area contributed by atoms with Gasteiger partial charge in [-0.25, -0.2) is 13.8 Å². The quantitative estimate of drug-likeness (QED) is 0.769. The lowest BCUT2D eigenvalue weighted by Gasteiger charge is -2.08. The molecule has 0 bridgehead atoms. The maximum Gasteiger partial charge on any atom is 0.255 e. The Kier molecular flexibility index (Phi) is 4.35. The molecule has 1 aromatic rings. The minimum atomic E-state index is -2.34. The smallest absolute Gasteiger partial charge is 0.255 e. The number of hydrogen-bond donors (Lipinski definition) is 1. The van der Waals surface area contributed by atoms with Crippen LogP contribution in [0, 0.1) is 0 Å². The molecule has 1 N–H and O–H groups in total. The number of halogens is 2. The van der Waals surface area contributed by atoms with E-state index in [0.29, 0.717) is 5.95 Å². The molecule has 0 unspecified atom stereocenters. The molecule has 80 valence electrons. The van der Waals surface area contributed by atoms with Crippen molar-refractivity contribution in [3.8, 4) is 0 Å². The Morgan fingerprint density at radius 3 is 3.00 bits per heavy atom. The van der Waals surface area contributed by atoms with Crippen molar-refractivity contribution >= 4 is 5.95 Å². The van der Waals surface area contributed by atoms with Crippen molar-refractivity contribution in [2.24, 2.45) is 0 Å². The molecule has 0 radical (unpaired) electrons. The van der Waals surface area contributed by atoms with Crippen LogP contribution in [0.3, 0.4) is 0 Å². The Morgan fingerprint density at radius 1 is 1.57 bits per heavy atom. The number of aryl methyl sites for hydroxylation is 1. The molecule has 1 aromatic heterocycles. The largest absolute Gasteiger partial charge is 0.350 e. The highest BCUT2D eigenvalue weighted by molar-refractivity contribution is 5.25. The summed E-state index contributed by atoms with van der Waals surface area (Å²) in [5, 5.41) is 2.60. The van der Waals surface area contributed by atoms with Gasteiger partial charge in [-0.05, 0) is 6.42 Å². The molecule has 0 saturated carbocycles. The highest BCUT2D eigenvalue weighted by Crippen LogP contribution is 2.07. The van der Waals surface area contributed by atoms with Gasteiger partial charge in [-0.2, -0.15) is 0 Å². The predicted molar refractivity (Wildman–Crippen MR) is 51.6 cm³/mol. The Labute approximate surface area is 82.1 Å². The molecule has 0 aliphatic rings. The second kappa shape index (κ2) is 5.57. The van der Waals surface area contributed by atoms with Crippen molar-refractivity contribution < 1.29 is 8.78 Å². The Balaban J connectivity index is 2.45. The van der Waals surface area contributed by atoms with Crippen LogP contribution in [0.5, 0.6) is 0 Å². The van der Waals surface area contributed by atoms with Crippen LogP contribution in [-0.2, 0) is 6.54 Å². The zero-order valence-corrected chi connectivity index (χ0v) is 8.21. The molecule has 1 heterocycles. The van der Waals surface area contributed by atoms with E-state index in [-0.39, 0.29) is 6.54 Å². The standard InChI is InChI=1S/C9H15F2N3/c1-2-3-5-14-6-4-12-9(14)13-7-8(10)11/h4,6,8H,2-3,5,7H2,1H3,(H,12,13). The lowest BCUT2D eigenvalue weighted by molar-refractivity contribution is 0.163. The molecule has 0 aromatic carbocycles. The van der Waals surface area contributed by atoms with Gasteiger partial charge in [0.1, 0.15) is 0 Å². The fraction of sp³-hybridized carbons (Fsp3) is 0.667. The number of hydrogen-bond acceptors (Lipinski definition) is 2. The minimum Gasteiger partial charge on any atom is -0.350 e. The zero-order valence-electron chi connectivity index (χ0n) is 8.21. The zero-order chi connectivity index (χ0) is 10.4. The summed E-state index contributed by atoms with van der Waals surface area (Å²) in [4.78, 5) is 3.96. The molecule has 0 amide bonds. The average Bonchev–Trinajstić information content (AvgIpc) is 2.58. The molecule has 1 rings (SSSR count). The predicted octanol–water partition coefficient (Wildman–Crippen LogP) is 2.36. The first-order valence-corrected chi connectivity index (χ1v) is 4.77. The van der Waals surface area contributed by atoms with Gasteiger partial charge >= 0.3 is 0 Å². The summed E-state index contributed by atoms with van der Waals surface area (Å²) in [6.45, 7) is 2.56. The van der Waals surface area contributed by atoms with Crippen molar-refractivity contribution in [3.05, 3.63) is 12.4 Å². The van der Waals surface area contributed by atoms with E-state index in [9.17, 15) is 8.78 Å². The highest BCUT2D eigenvalue weighted by atomic mass is 19.3. The van der Waals surface area contributed by atoms with E-state index in [2.05, 4.69) is 17.2 Å². The third kappa shape index (κ3) is 3.32. The third-order valence-corrected chi connectivity index (χ3v) is 1.88. The van der Waals surface area contributed by atoms with Crippen LogP contribution in [0.2, 0.25) is 0 Å². The summed E-state index contributed by atoms with van der Waals surface area (Å²) in [6, 6.07) is 0. The summed E-state index contributed by atoms with van der Waals surface area (Å²) in [6.07, 6.45) is 3.17. The van der Waals surface area contributed by atoms with Gasteiger partial charge < -0.3 is 9.88 Å². The van der Waals surface area contributed by atoms with Crippen LogP contribution in [0.25, 0.3) is 0 Å². The van der Waals surface area contributed by atoms with Crippen LogP contribution in [-0.4, -0.2) is 22.5 Å². The molecule has 0 fully saturated rings. The fourth-order valence-electron chi connectivity index (χ4n) is 1.15. The molecule has 0 aliphatic heterocycles. The van der Waals surface area contributed by atoms with Gasteiger partial charge in [0.15, 0.2) is 0 Å². The van der Waals surface area contributed by atoms with Gasteiger partial charge in [-0.15, -0.1) is 0 Å². The van der Waals surface area contributed by atoms with E-state index in [1.807, 2.05) is 4.57 Å². The van der Waals surface area contributed by atoms with Gasteiger partial charge in [0.05, 0.1) is 6.54 Å². The highest BCUT2D eigenvalue weighted by Gasteiger charge is 2.05. The number of aromatic nitrogens is 2. The SMILES string of the molecule is CCCCn1ccnc1NCC(F)F. The monoisotopic (exact) mass is 203 g/mol. The number of unbranched alkanes of at least 4 members (excludes halogenated alkanes) is 1. The number of imidazole rings is 1. The first kappa shape index (κ1) is 10.9. The van der Waals surface area contributed by atoms with E-state index < -0.39 is 6.43 Å². The normalized spacial score (nSPS) is 10.9. The second-order valence-corrected chi connectivity index (χ2v) is 3.07. The molecule has 0 saturated heterocycles. The molecular weight excluding hydrogens is 188 g/mol. The van der Waals surface area contributed by atoms with E-state index in [1.165, 1.54) is 0 Å². The molecule has 3 nitrogen and oxygen atoms in total. The van der Waals surface area contributed by atoms with E-state index in [4.69, 9.17) is 0 Å². The van der Waals surface area contributed by atoms with Gasteiger partial charge in [-0.3, -0.25) is 0 Å². The maximum absolute atomic E-state index is 11.9. The topological polar surface area (TPSA) is 29.9 Å². The Morgan fingerprint density at radius 2 is 2.36 bits per heavy atom. The van der Waals surface area contributed by atoms with Crippen LogP contribution < -0.4 is 5.32 Å². The number of nitrogens with one attached hydrogen (secondary N) is 1. The van der Waals surface area contributed by atoms with Gasteiger partial charge in [-0.1, -0.05) is 13.3 Å². The number of anilines is 1. The lowest BCUT2D eigenvalue weighted by Crippen LogP contribution is -2.14. The van der Waals surface area contributed by atoms with Crippen LogP contribution in [0.4, 0.5) is 14.7 Å².